The molecular formula is C25H26N6O4. The quantitative estimate of drug-likeness (QED) is 0.540. The summed E-state index contributed by atoms with van der Waals surface area (Å²) < 4.78 is 10.9. The fourth-order valence-corrected chi connectivity index (χ4v) is 4.24. The molecule has 0 atom stereocenters. The highest BCUT2D eigenvalue weighted by Crippen LogP contribution is 2.28. The van der Waals surface area contributed by atoms with E-state index >= 15 is 0 Å². The van der Waals surface area contributed by atoms with Gasteiger partial charge in [0.1, 0.15) is 18.0 Å². The molecule has 3 aromatic rings. The molecule has 1 fully saturated rings. The summed E-state index contributed by atoms with van der Waals surface area (Å²) in [7, 11) is 1.65. The van der Waals surface area contributed by atoms with Gasteiger partial charge in [0, 0.05) is 44.6 Å². The van der Waals surface area contributed by atoms with Crippen LogP contribution in [0.25, 0.3) is 11.4 Å². The topological polar surface area (TPSA) is 104 Å². The largest absolute Gasteiger partial charge is 0.495 e. The Morgan fingerprint density at radius 1 is 1.00 bits per heavy atom. The Morgan fingerprint density at radius 2 is 1.74 bits per heavy atom. The van der Waals surface area contributed by atoms with Crippen LogP contribution in [0.2, 0.25) is 0 Å². The fourth-order valence-electron chi connectivity index (χ4n) is 4.24. The fraction of sp³-hybridized carbons (Fsp3) is 0.320. The zero-order valence-corrected chi connectivity index (χ0v) is 19.5. The van der Waals surface area contributed by atoms with E-state index in [2.05, 4.69) is 20.1 Å². The normalized spacial score (nSPS) is 16.3. The number of ether oxygens (including phenoxy) is 1. The first-order valence-electron chi connectivity index (χ1n) is 11.6. The van der Waals surface area contributed by atoms with E-state index in [4.69, 9.17) is 9.26 Å². The first-order valence-corrected chi connectivity index (χ1v) is 11.6. The van der Waals surface area contributed by atoms with Crippen molar-refractivity contribution in [1.29, 1.82) is 0 Å². The average molecular weight is 475 g/mol. The second-order valence-electron chi connectivity index (χ2n) is 8.33. The molecule has 0 radical (unpaired) electrons. The summed E-state index contributed by atoms with van der Waals surface area (Å²) in [6.07, 6.45) is 0.619. The number of hydrogen-bond donors (Lipinski definition) is 0. The molecule has 5 rings (SSSR count). The highest BCUT2D eigenvalue weighted by Gasteiger charge is 2.29. The summed E-state index contributed by atoms with van der Waals surface area (Å²) in [5.74, 6) is 1.19. The highest BCUT2D eigenvalue weighted by molar-refractivity contribution is 6.01. The summed E-state index contributed by atoms with van der Waals surface area (Å²) in [6.45, 7) is 2.35. The van der Waals surface area contributed by atoms with Crippen LogP contribution in [0.15, 0.2) is 64.2 Å². The predicted molar refractivity (Wildman–Crippen MR) is 129 cm³/mol. The third kappa shape index (κ3) is 4.86. The number of para-hydroxylation sites is 2. The van der Waals surface area contributed by atoms with Crippen LogP contribution in [-0.4, -0.2) is 77.4 Å². The molecule has 0 bridgehead atoms. The summed E-state index contributed by atoms with van der Waals surface area (Å²) in [5.41, 5.74) is 2.35. The molecule has 0 unspecified atom stereocenters. The molecule has 0 N–H and O–H groups in total. The van der Waals surface area contributed by atoms with Crippen LogP contribution in [-0.2, 0) is 9.59 Å². The lowest BCUT2D eigenvalue weighted by Crippen LogP contribution is -2.51. The average Bonchev–Trinajstić information content (AvgIpc) is 3.41. The molecule has 2 aliphatic rings. The van der Waals surface area contributed by atoms with Crippen LogP contribution >= 0.6 is 0 Å². The van der Waals surface area contributed by atoms with Gasteiger partial charge in [0.2, 0.25) is 17.6 Å². The number of hydrazone groups is 1. The second-order valence-corrected chi connectivity index (χ2v) is 8.33. The van der Waals surface area contributed by atoms with E-state index in [-0.39, 0.29) is 30.7 Å². The van der Waals surface area contributed by atoms with Crippen molar-refractivity contribution in [3.63, 3.8) is 0 Å². The minimum absolute atomic E-state index is 0.114. The maximum absolute atomic E-state index is 13.0. The molecule has 1 aromatic heterocycles. The number of hydrogen-bond acceptors (Lipinski definition) is 8. The lowest BCUT2D eigenvalue weighted by molar-refractivity contribution is -0.141. The molecule has 0 saturated carbocycles. The molecule has 180 valence electrons. The Balaban J connectivity index is 1.23. The van der Waals surface area contributed by atoms with Crippen LogP contribution in [0.1, 0.15) is 18.7 Å². The van der Waals surface area contributed by atoms with Crippen molar-refractivity contribution in [2.45, 2.75) is 12.8 Å². The first kappa shape index (κ1) is 22.6. The van der Waals surface area contributed by atoms with Crippen molar-refractivity contribution in [3.05, 3.63) is 60.5 Å². The Hall–Kier alpha value is -4.21. The first-order chi connectivity index (χ1) is 17.1. The minimum Gasteiger partial charge on any atom is -0.495 e. The van der Waals surface area contributed by atoms with E-state index in [0.29, 0.717) is 44.1 Å². The number of carbonyl (C=O) groups is 2. The summed E-state index contributed by atoms with van der Waals surface area (Å²) in [4.78, 5) is 33.9. The van der Waals surface area contributed by atoms with E-state index in [1.165, 1.54) is 5.01 Å². The number of anilines is 1. The molecule has 2 aliphatic heterocycles. The van der Waals surface area contributed by atoms with Gasteiger partial charge in [-0.15, -0.1) is 0 Å². The Bertz CT molecular complexity index is 1230. The third-order valence-corrected chi connectivity index (χ3v) is 6.15. The number of methoxy groups -OCH3 is 1. The molecule has 10 heteroatoms. The molecule has 3 heterocycles. The van der Waals surface area contributed by atoms with Crippen molar-refractivity contribution < 1.29 is 18.8 Å². The van der Waals surface area contributed by atoms with E-state index < -0.39 is 0 Å². The molecule has 1 saturated heterocycles. The lowest BCUT2D eigenvalue weighted by atomic mass is 10.1. The lowest BCUT2D eigenvalue weighted by Gasteiger charge is -2.37. The Morgan fingerprint density at radius 3 is 2.51 bits per heavy atom. The van der Waals surface area contributed by atoms with Crippen molar-refractivity contribution in [2.75, 3.05) is 44.7 Å². The highest BCUT2D eigenvalue weighted by atomic mass is 16.5. The van der Waals surface area contributed by atoms with Crippen molar-refractivity contribution in [3.8, 4) is 17.1 Å². The van der Waals surface area contributed by atoms with Gasteiger partial charge in [0.05, 0.1) is 12.8 Å². The maximum atomic E-state index is 13.0. The zero-order chi connectivity index (χ0) is 24.2. The number of carbonyl (C=O) groups excluding carboxylic acids is 2. The van der Waals surface area contributed by atoms with Gasteiger partial charge in [-0.1, -0.05) is 47.6 Å². The summed E-state index contributed by atoms with van der Waals surface area (Å²) in [6, 6.07) is 17.3. The van der Waals surface area contributed by atoms with E-state index in [1.807, 2.05) is 54.6 Å². The number of piperazine rings is 1. The SMILES string of the molecule is COc1ccccc1N1CCN(C(=O)CN2N=C(c3nc(-c4ccccc4)no3)CCC2=O)CC1. The molecule has 2 aromatic carbocycles. The van der Waals surface area contributed by atoms with E-state index in [9.17, 15) is 9.59 Å². The Kier molecular flexibility index (Phi) is 6.42. The van der Waals surface area contributed by atoms with Crippen LogP contribution in [0.3, 0.4) is 0 Å². The van der Waals surface area contributed by atoms with Crippen molar-refractivity contribution >= 4 is 23.2 Å². The number of rotatable bonds is 6. The third-order valence-electron chi connectivity index (χ3n) is 6.15. The summed E-state index contributed by atoms with van der Waals surface area (Å²) >= 11 is 0. The van der Waals surface area contributed by atoms with Crippen LogP contribution in [0.5, 0.6) is 5.75 Å². The maximum Gasteiger partial charge on any atom is 0.274 e. The standard InChI is InChI=1S/C25H26N6O4/c1-34-21-10-6-5-9-20(21)29-13-15-30(16-14-29)23(33)17-31-22(32)12-11-19(27-31)25-26-24(28-35-25)18-7-3-2-4-8-18/h2-10H,11-17H2,1H3. The molecule has 35 heavy (non-hydrogen) atoms. The van der Waals surface area contributed by atoms with Gasteiger partial charge in [0.15, 0.2) is 0 Å². The monoisotopic (exact) mass is 474 g/mol. The van der Waals surface area contributed by atoms with Gasteiger partial charge < -0.3 is 19.1 Å². The van der Waals surface area contributed by atoms with Gasteiger partial charge in [-0.25, -0.2) is 5.01 Å². The van der Waals surface area contributed by atoms with E-state index in [1.54, 1.807) is 12.0 Å². The zero-order valence-electron chi connectivity index (χ0n) is 19.5. The van der Waals surface area contributed by atoms with Gasteiger partial charge in [-0.05, 0) is 12.1 Å². The number of benzene rings is 2. The molecule has 0 aliphatic carbocycles. The van der Waals surface area contributed by atoms with Crippen molar-refractivity contribution in [2.24, 2.45) is 5.10 Å². The van der Waals surface area contributed by atoms with Crippen LogP contribution in [0.4, 0.5) is 5.69 Å². The van der Waals surface area contributed by atoms with Gasteiger partial charge in [-0.2, -0.15) is 10.1 Å². The molecule has 2 amide bonds. The molecule has 0 spiro atoms. The van der Waals surface area contributed by atoms with Gasteiger partial charge in [-0.3, -0.25) is 9.59 Å². The second kappa shape index (κ2) is 9.96. The number of aromatic nitrogens is 2. The van der Waals surface area contributed by atoms with Crippen LogP contribution in [0, 0.1) is 0 Å². The minimum atomic E-state index is -0.197. The molecular weight excluding hydrogens is 448 g/mol. The van der Waals surface area contributed by atoms with E-state index in [0.717, 1.165) is 17.0 Å². The number of nitrogens with zero attached hydrogens (tertiary/aromatic N) is 6. The number of amides is 2. The molecule has 10 nitrogen and oxygen atoms in total. The Labute approximate surface area is 202 Å². The van der Waals surface area contributed by atoms with Crippen LogP contribution < -0.4 is 9.64 Å². The summed E-state index contributed by atoms with van der Waals surface area (Å²) in [5, 5.41) is 9.64. The van der Waals surface area contributed by atoms with Crippen molar-refractivity contribution in [1.82, 2.24) is 20.0 Å². The van der Waals surface area contributed by atoms with Gasteiger partial charge >= 0.3 is 0 Å². The smallest absolute Gasteiger partial charge is 0.274 e. The van der Waals surface area contributed by atoms with Gasteiger partial charge in [0.25, 0.3) is 5.89 Å². The predicted octanol–water partition coefficient (Wildman–Crippen LogP) is 2.42.